The Morgan fingerprint density at radius 2 is 2.06 bits per heavy atom. The molecule has 0 spiro atoms. The van der Waals surface area contributed by atoms with E-state index in [0.717, 1.165) is 5.69 Å². The second-order valence-electron chi connectivity index (χ2n) is 3.61. The van der Waals surface area contributed by atoms with Crippen LogP contribution in [0.2, 0.25) is 5.02 Å². The summed E-state index contributed by atoms with van der Waals surface area (Å²) in [5.74, 6) is -1.58. The van der Waals surface area contributed by atoms with Gasteiger partial charge >= 0.3 is 5.97 Å². The maximum absolute atomic E-state index is 10.9. The average Bonchev–Trinajstić information content (AvgIpc) is 2.77. The van der Waals surface area contributed by atoms with E-state index in [1.54, 1.807) is 31.2 Å². The maximum Gasteiger partial charge on any atom is 0.312 e. The van der Waals surface area contributed by atoms with Crippen LogP contribution in [0.15, 0.2) is 30.5 Å². The van der Waals surface area contributed by atoms with Crippen LogP contribution < -0.4 is 0 Å². The Morgan fingerprint density at radius 1 is 1.41 bits per heavy atom. The molecule has 0 aliphatic rings. The van der Waals surface area contributed by atoms with Crippen LogP contribution in [0.25, 0.3) is 5.69 Å². The molecule has 2 aromatic rings. The van der Waals surface area contributed by atoms with Gasteiger partial charge < -0.3 is 5.11 Å². The lowest BCUT2D eigenvalue weighted by Crippen LogP contribution is -2.13. The number of hydrogen-bond donors (Lipinski definition) is 1. The standard InChI is InChI=1S/C11H10ClN3O2/c1-7(11(16)17)10-6-13-14-15(10)9-4-2-8(12)3-5-9/h2-7H,1H3,(H,16,17). The molecular weight excluding hydrogens is 242 g/mol. The van der Waals surface area contributed by atoms with Crippen LogP contribution in [-0.4, -0.2) is 26.1 Å². The molecule has 0 aliphatic carbocycles. The molecule has 1 aromatic heterocycles. The maximum atomic E-state index is 10.9. The minimum Gasteiger partial charge on any atom is -0.481 e. The number of aromatic nitrogens is 3. The fraction of sp³-hybridized carbons (Fsp3) is 0.182. The van der Waals surface area contributed by atoms with Crippen LogP contribution in [-0.2, 0) is 4.79 Å². The highest BCUT2D eigenvalue weighted by atomic mass is 35.5. The Bertz CT molecular complexity index is 536. The van der Waals surface area contributed by atoms with E-state index in [9.17, 15) is 4.79 Å². The van der Waals surface area contributed by atoms with E-state index in [-0.39, 0.29) is 0 Å². The van der Waals surface area contributed by atoms with Crippen molar-refractivity contribution in [3.63, 3.8) is 0 Å². The Labute approximate surface area is 103 Å². The van der Waals surface area contributed by atoms with Gasteiger partial charge in [0, 0.05) is 5.02 Å². The summed E-state index contributed by atoms with van der Waals surface area (Å²) in [5, 5.41) is 17.2. The minimum atomic E-state index is -0.914. The van der Waals surface area contributed by atoms with Gasteiger partial charge in [0.25, 0.3) is 0 Å². The van der Waals surface area contributed by atoms with E-state index >= 15 is 0 Å². The van der Waals surface area contributed by atoms with Crippen molar-refractivity contribution in [2.45, 2.75) is 12.8 Å². The Hall–Kier alpha value is -1.88. The van der Waals surface area contributed by atoms with Gasteiger partial charge in [0.15, 0.2) is 0 Å². The van der Waals surface area contributed by atoms with E-state index in [4.69, 9.17) is 16.7 Å². The van der Waals surface area contributed by atoms with Crippen LogP contribution in [0.5, 0.6) is 0 Å². The van der Waals surface area contributed by atoms with Crippen molar-refractivity contribution in [2.24, 2.45) is 0 Å². The summed E-state index contributed by atoms with van der Waals surface area (Å²) < 4.78 is 1.50. The number of carbonyl (C=O) groups is 1. The quantitative estimate of drug-likeness (QED) is 0.907. The number of benzene rings is 1. The van der Waals surface area contributed by atoms with Crippen molar-refractivity contribution in [1.82, 2.24) is 15.0 Å². The molecule has 0 amide bonds. The minimum absolute atomic E-state index is 0.528. The summed E-state index contributed by atoms with van der Waals surface area (Å²) in [6.45, 7) is 1.59. The SMILES string of the molecule is CC(C(=O)O)c1cnnn1-c1ccc(Cl)cc1. The average molecular weight is 252 g/mol. The first-order chi connectivity index (χ1) is 8.09. The highest BCUT2D eigenvalue weighted by molar-refractivity contribution is 6.30. The van der Waals surface area contributed by atoms with E-state index in [0.29, 0.717) is 10.7 Å². The number of aliphatic carboxylic acids is 1. The lowest BCUT2D eigenvalue weighted by molar-refractivity contribution is -0.138. The molecule has 0 radical (unpaired) electrons. The summed E-state index contributed by atoms with van der Waals surface area (Å²) in [6.07, 6.45) is 1.45. The zero-order valence-corrected chi connectivity index (χ0v) is 9.80. The Balaban J connectivity index is 2.43. The topological polar surface area (TPSA) is 68.0 Å². The smallest absolute Gasteiger partial charge is 0.312 e. The Morgan fingerprint density at radius 3 is 2.65 bits per heavy atom. The molecule has 0 fully saturated rings. The highest BCUT2D eigenvalue weighted by Gasteiger charge is 2.19. The Kier molecular flexibility index (Phi) is 3.10. The van der Waals surface area contributed by atoms with Gasteiger partial charge in [-0.15, -0.1) is 5.10 Å². The number of carboxylic acid groups (broad SMARTS) is 1. The molecule has 17 heavy (non-hydrogen) atoms. The van der Waals surface area contributed by atoms with E-state index in [1.165, 1.54) is 10.9 Å². The monoisotopic (exact) mass is 251 g/mol. The van der Waals surface area contributed by atoms with Crippen molar-refractivity contribution in [3.05, 3.63) is 41.2 Å². The first-order valence-corrected chi connectivity index (χ1v) is 5.36. The highest BCUT2D eigenvalue weighted by Crippen LogP contribution is 2.19. The summed E-state index contributed by atoms with van der Waals surface area (Å²) in [6, 6.07) is 6.95. The van der Waals surface area contributed by atoms with Crippen LogP contribution in [0.3, 0.4) is 0 Å². The number of carboxylic acids is 1. The number of halogens is 1. The molecule has 1 aromatic carbocycles. The van der Waals surface area contributed by atoms with Gasteiger partial charge in [-0.2, -0.15) is 0 Å². The number of rotatable bonds is 3. The van der Waals surface area contributed by atoms with Crippen molar-refractivity contribution in [1.29, 1.82) is 0 Å². The van der Waals surface area contributed by atoms with E-state index < -0.39 is 11.9 Å². The first kappa shape index (κ1) is 11.6. The van der Waals surface area contributed by atoms with Crippen LogP contribution in [0.1, 0.15) is 18.5 Å². The fourth-order valence-corrected chi connectivity index (χ4v) is 1.57. The van der Waals surface area contributed by atoms with Crippen molar-refractivity contribution in [2.75, 3.05) is 0 Å². The van der Waals surface area contributed by atoms with Gasteiger partial charge in [0.1, 0.15) is 0 Å². The summed E-state index contributed by atoms with van der Waals surface area (Å²) in [4.78, 5) is 10.9. The number of hydrogen-bond acceptors (Lipinski definition) is 3. The third-order valence-corrected chi connectivity index (χ3v) is 2.71. The predicted molar refractivity (Wildman–Crippen MR) is 62.4 cm³/mol. The van der Waals surface area contributed by atoms with E-state index in [2.05, 4.69) is 10.3 Å². The summed E-state index contributed by atoms with van der Waals surface area (Å²) in [7, 11) is 0. The molecule has 2 rings (SSSR count). The second-order valence-corrected chi connectivity index (χ2v) is 4.04. The van der Waals surface area contributed by atoms with Gasteiger partial charge in [0.2, 0.25) is 0 Å². The molecule has 1 atom stereocenters. The largest absolute Gasteiger partial charge is 0.481 e. The summed E-state index contributed by atoms with van der Waals surface area (Å²) in [5.41, 5.74) is 1.26. The molecule has 5 nitrogen and oxygen atoms in total. The predicted octanol–water partition coefficient (Wildman–Crippen LogP) is 2.11. The third-order valence-electron chi connectivity index (χ3n) is 2.46. The molecule has 0 bridgehead atoms. The van der Waals surface area contributed by atoms with Crippen LogP contribution >= 0.6 is 11.6 Å². The van der Waals surface area contributed by atoms with Gasteiger partial charge in [-0.3, -0.25) is 4.79 Å². The molecule has 1 N–H and O–H groups in total. The zero-order chi connectivity index (χ0) is 12.4. The zero-order valence-electron chi connectivity index (χ0n) is 9.04. The third kappa shape index (κ3) is 2.29. The normalized spacial score (nSPS) is 12.4. The lowest BCUT2D eigenvalue weighted by atomic mass is 10.1. The van der Waals surface area contributed by atoms with Gasteiger partial charge in [-0.1, -0.05) is 16.8 Å². The number of nitrogens with zero attached hydrogens (tertiary/aromatic N) is 3. The second kappa shape index (κ2) is 4.55. The van der Waals surface area contributed by atoms with Crippen molar-refractivity contribution < 1.29 is 9.90 Å². The van der Waals surface area contributed by atoms with Crippen molar-refractivity contribution in [3.8, 4) is 5.69 Å². The lowest BCUT2D eigenvalue weighted by Gasteiger charge is -2.09. The molecule has 6 heteroatoms. The van der Waals surface area contributed by atoms with Crippen molar-refractivity contribution >= 4 is 17.6 Å². The fourth-order valence-electron chi connectivity index (χ4n) is 1.45. The molecule has 0 saturated carbocycles. The molecular formula is C11H10ClN3O2. The molecule has 88 valence electrons. The molecule has 0 aliphatic heterocycles. The summed E-state index contributed by atoms with van der Waals surface area (Å²) >= 11 is 5.79. The molecule has 1 unspecified atom stereocenters. The molecule has 0 saturated heterocycles. The molecule has 1 heterocycles. The van der Waals surface area contributed by atoms with Gasteiger partial charge in [-0.05, 0) is 31.2 Å². The van der Waals surface area contributed by atoms with Gasteiger partial charge in [0.05, 0.1) is 23.5 Å². The van der Waals surface area contributed by atoms with Crippen LogP contribution in [0, 0.1) is 0 Å². The first-order valence-electron chi connectivity index (χ1n) is 4.99. The van der Waals surface area contributed by atoms with Gasteiger partial charge in [-0.25, -0.2) is 4.68 Å². The van der Waals surface area contributed by atoms with E-state index in [1.807, 2.05) is 0 Å². The van der Waals surface area contributed by atoms with Crippen LogP contribution in [0.4, 0.5) is 0 Å².